The van der Waals surface area contributed by atoms with Gasteiger partial charge in [-0.25, -0.2) is 4.79 Å². The third-order valence-corrected chi connectivity index (χ3v) is 8.21. The van der Waals surface area contributed by atoms with Crippen LogP contribution >= 0.6 is 0 Å². The van der Waals surface area contributed by atoms with Crippen LogP contribution < -0.4 is 0 Å². The topological polar surface area (TPSA) is 83.8 Å². The first-order valence-corrected chi connectivity index (χ1v) is 11.5. The summed E-state index contributed by atoms with van der Waals surface area (Å²) in [4.78, 5) is 27.1. The van der Waals surface area contributed by atoms with Crippen LogP contribution in [-0.2, 0) is 9.53 Å². The van der Waals surface area contributed by atoms with Crippen LogP contribution in [0.2, 0.25) is 0 Å². The molecule has 7 atom stereocenters. The first-order chi connectivity index (χ1) is 15.0. The average molecular weight is 439 g/mol. The molecule has 2 N–H and O–H groups in total. The van der Waals surface area contributed by atoms with E-state index in [1.54, 1.807) is 37.3 Å². The van der Waals surface area contributed by atoms with Crippen LogP contribution in [0.25, 0.3) is 0 Å². The Bertz CT molecular complexity index is 975. The van der Waals surface area contributed by atoms with Crippen LogP contribution in [0.5, 0.6) is 0 Å². The molecule has 3 aliphatic carbocycles. The molecule has 0 heterocycles. The van der Waals surface area contributed by atoms with Gasteiger partial charge in [-0.1, -0.05) is 51.1 Å². The Labute approximate surface area is 190 Å². The number of rotatable bonds is 2. The summed E-state index contributed by atoms with van der Waals surface area (Å²) < 4.78 is 6.03. The quantitative estimate of drug-likeness (QED) is 0.537. The van der Waals surface area contributed by atoms with Crippen LogP contribution in [0, 0.1) is 29.1 Å². The third-order valence-electron chi connectivity index (χ3n) is 8.21. The summed E-state index contributed by atoms with van der Waals surface area (Å²) in [5, 5.41) is 22.4. The average Bonchev–Trinajstić information content (AvgIpc) is 3.16. The largest absolute Gasteiger partial charge is 0.447 e. The number of hydrogen-bond donors (Lipinski definition) is 2. The molecule has 0 aliphatic heterocycles. The Hall–Kier alpha value is -2.24. The molecule has 172 valence electrons. The number of allylic oxidation sites excluding steroid dienone is 2. The summed E-state index contributed by atoms with van der Waals surface area (Å²) in [6.45, 7) is 9.81. The maximum absolute atomic E-state index is 14.0. The number of aliphatic hydroxyl groups is 2. The second-order valence-electron chi connectivity index (χ2n) is 10.6. The van der Waals surface area contributed by atoms with E-state index in [1.165, 1.54) is 0 Å². The van der Waals surface area contributed by atoms with E-state index in [4.69, 9.17) is 4.74 Å². The summed E-state index contributed by atoms with van der Waals surface area (Å²) in [5.41, 5.74) is 0.0166. The van der Waals surface area contributed by atoms with E-state index in [2.05, 4.69) is 13.8 Å². The minimum absolute atomic E-state index is 0.0677. The Kier molecular flexibility index (Phi) is 5.71. The van der Waals surface area contributed by atoms with Gasteiger partial charge >= 0.3 is 5.97 Å². The zero-order valence-corrected chi connectivity index (χ0v) is 19.5. The molecule has 2 saturated carbocycles. The lowest BCUT2D eigenvalue weighted by Crippen LogP contribution is -2.53. The predicted molar refractivity (Wildman–Crippen MR) is 122 cm³/mol. The van der Waals surface area contributed by atoms with Crippen molar-refractivity contribution in [2.24, 2.45) is 29.1 Å². The Morgan fingerprint density at radius 1 is 1.12 bits per heavy atom. The number of carbonyl (C=O) groups excluding carboxylic acids is 2. The van der Waals surface area contributed by atoms with Gasteiger partial charge in [0.05, 0.1) is 23.7 Å². The molecule has 0 bridgehead atoms. The molecule has 0 saturated heterocycles. The number of ether oxygens (including phenoxy) is 1. The molecule has 5 nitrogen and oxygen atoms in total. The van der Waals surface area contributed by atoms with Gasteiger partial charge < -0.3 is 14.9 Å². The Morgan fingerprint density at radius 2 is 1.78 bits per heavy atom. The molecule has 0 radical (unpaired) electrons. The van der Waals surface area contributed by atoms with E-state index >= 15 is 0 Å². The maximum Gasteiger partial charge on any atom is 0.339 e. The molecular formula is C27H34O5. The number of carbonyl (C=O) groups is 2. The fourth-order valence-electron chi connectivity index (χ4n) is 5.97. The normalized spacial score (nSPS) is 41.8. The molecule has 0 spiro atoms. The molecule has 5 heteroatoms. The summed E-state index contributed by atoms with van der Waals surface area (Å²) in [7, 11) is 0. The Morgan fingerprint density at radius 3 is 2.44 bits per heavy atom. The van der Waals surface area contributed by atoms with E-state index in [-0.39, 0.29) is 29.5 Å². The smallest absolute Gasteiger partial charge is 0.339 e. The number of benzene rings is 1. The van der Waals surface area contributed by atoms with Gasteiger partial charge in [0.2, 0.25) is 5.78 Å². The minimum Gasteiger partial charge on any atom is -0.447 e. The summed E-state index contributed by atoms with van der Waals surface area (Å²) in [5.74, 6) is -1.54. The first kappa shape index (κ1) is 22.9. The number of fused-ring (bicyclic) bond motifs is 2. The van der Waals surface area contributed by atoms with Gasteiger partial charge in [-0.05, 0) is 66.7 Å². The van der Waals surface area contributed by atoms with Crippen molar-refractivity contribution in [3.63, 3.8) is 0 Å². The number of aliphatic hydroxyl groups excluding tert-OH is 2. The molecule has 1 aromatic rings. The highest BCUT2D eigenvalue weighted by Crippen LogP contribution is 2.62. The van der Waals surface area contributed by atoms with E-state index < -0.39 is 29.7 Å². The van der Waals surface area contributed by atoms with E-state index in [9.17, 15) is 19.8 Å². The molecule has 2 fully saturated rings. The molecule has 1 aromatic carbocycles. The summed E-state index contributed by atoms with van der Waals surface area (Å²) in [6, 6.07) is 8.55. The van der Waals surface area contributed by atoms with Crippen LogP contribution in [0.15, 0.2) is 53.6 Å². The summed E-state index contributed by atoms with van der Waals surface area (Å²) >= 11 is 0. The zero-order valence-electron chi connectivity index (χ0n) is 19.5. The lowest BCUT2D eigenvalue weighted by Gasteiger charge is -2.37. The molecule has 4 rings (SSSR count). The SMILES string of the molecule is C/C1=C/C[C@H]2[C@@H](/C=C(\C)C(=O)[C@@]3(OC(=O)c4ccccc4)C[C@H](C)[C@H](O)[C@@H]3[C@H]1O)C2(C)C. The second kappa shape index (κ2) is 7.96. The molecule has 0 aromatic heterocycles. The highest BCUT2D eigenvalue weighted by Gasteiger charge is 2.63. The molecule has 0 amide bonds. The van der Waals surface area contributed by atoms with Crippen LogP contribution in [0.4, 0.5) is 0 Å². The van der Waals surface area contributed by atoms with Gasteiger partial charge in [0.1, 0.15) is 0 Å². The second-order valence-corrected chi connectivity index (χ2v) is 10.6. The Balaban J connectivity index is 1.83. The van der Waals surface area contributed by atoms with Crippen molar-refractivity contribution >= 4 is 11.8 Å². The van der Waals surface area contributed by atoms with Crippen molar-refractivity contribution < 1.29 is 24.5 Å². The van der Waals surface area contributed by atoms with Crippen molar-refractivity contribution in [1.29, 1.82) is 0 Å². The zero-order chi connectivity index (χ0) is 23.4. The highest BCUT2D eigenvalue weighted by atomic mass is 16.6. The van der Waals surface area contributed by atoms with E-state index in [0.29, 0.717) is 22.6 Å². The lowest BCUT2D eigenvalue weighted by molar-refractivity contribution is -0.146. The minimum atomic E-state index is -1.63. The molecule has 3 aliphatic rings. The van der Waals surface area contributed by atoms with E-state index in [1.807, 2.05) is 26.0 Å². The van der Waals surface area contributed by atoms with Gasteiger partial charge in [0.15, 0.2) is 5.60 Å². The monoisotopic (exact) mass is 438 g/mol. The van der Waals surface area contributed by atoms with Gasteiger partial charge in [0.25, 0.3) is 0 Å². The fourth-order valence-corrected chi connectivity index (χ4v) is 5.97. The van der Waals surface area contributed by atoms with Gasteiger partial charge in [-0.15, -0.1) is 0 Å². The molecular weight excluding hydrogens is 404 g/mol. The lowest BCUT2D eigenvalue weighted by atomic mass is 9.77. The van der Waals surface area contributed by atoms with E-state index in [0.717, 1.165) is 6.42 Å². The van der Waals surface area contributed by atoms with Crippen molar-refractivity contribution in [2.75, 3.05) is 0 Å². The van der Waals surface area contributed by atoms with Crippen molar-refractivity contribution in [2.45, 2.75) is 65.3 Å². The van der Waals surface area contributed by atoms with Crippen LogP contribution in [0.3, 0.4) is 0 Å². The highest BCUT2D eigenvalue weighted by molar-refractivity contribution is 6.04. The number of Topliss-reactive ketones (excluding diaryl/α,β-unsaturated/α-hetero) is 1. The third kappa shape index (κ3) is 3.56. The number of ketones is 1. The standard InChI is InChI=1S/C27H34O5/c1-15-11-12-19-20(26(19,4)5)13-16(2)24(30)27(14-17(3)23(29)21(27)22(15)28)32-25(31)18-9-7-6-8-10-18/h6-11,13,17,19-23,28-29H,12,14H2,1-5H3/b15-11-,16-13+/t17-,19-,20+,21-,22-,23-,27+/m0/s1. The van der Waals surface area contributed by atoms with Gasteiger partial charge in [0, 0.05) is 6.42 Å². The van der Waals surface area contributed by atoms with Crippen molar-refractivity contribution in [1.82, 2.24) is 0 Å². The molecule has 0 unspecified atom stereocenters. The van der Waals surface area contributed by atoms with Crippen LogP contribution in [0.1, 0.15) is 57.8 Å². The van der Waals surface area contributed by atoms with Gasteiger partial charge in [-0.2, -0.15) is 0 Å². The number of esters is 1. The van der Waals surface area contributed by atoms with Crippen molar-refractivity contribution in [3.05, 3.63) is 59.2 Å². The van der Waals surface area contributed by atoms with Crippen molar-refractivity contribution in [3.8, 4) is 0 Å². The number of hydrogen-bond acceptors (Lipinski definition) is 5. The summed E-state index contributed by atoms with van der Waals surface area (Å²) in [6.07, 6.45) is 2.94. The van der Waals surface area contributed by atoms with Crippen LogP contribution in [-0.4, -0.2) is 39.8 Å². The fraction of sp³-hybridized carbons (Fsp3) is 0.556. The first-order valence-electron chi connectivity index (χ1n) is 11.5. The predicted octanol–water partition coefficient (Wildman–Crippen LogP) is 4.10. The maximum atomic E-state index is 14.0. The molecule has 32 heavy (non-hydrogen) atoms. The van der Waals surface area contributed by atoms with Gasteiger partial charge in [-0.3, -0.25) is 4.79 Å².